The first-order valence-electron chi connectivity index (χ1n) is 12.0. The fourth-order valence-electron chi connectivity index (χ4n) is 4.67. The van der Waals surface area contributed by atoms with Crippen molar-refractivity contribution >= 4 is 17.4 Å². The molecule has 0 saturated carbocycles. The first-order valence-corrected chi connectivity index (χ1v) is 12.0. The van der Waals surface area contributed by atoms with E-state index in [-0.39, 0.29) is 11.3 Å². The van der Waals surface area contributed by atoms with Crippen molar-refractivity contribution in [3.63, 3.8) is 0 Å². The van der Waals surface area contributed by atoms with Crippen LogP contribution in [-0.2, 0) is 14.3 Å². The lowest BCUT2D eigenvalue weighted by Gasteiger charge is -2.31. The zero-order valence-electron chi connectivity index (χ0n) is 20.9. The third kappa shape index (κ3) is 5.03. The number of nitrogens with zero attached hydrogens (tertiary/aromatic N) is 2. The number of hydrogen-bond donors (Lipinski definition) is 1. The highest BCUT2D eigenvalue weighted by molar-refractivity contribution is 6.46. The molecule has 2 fully saturated rings. The Balaban J connectivity index is 1.79. The summed E-state index contributed by atoms with van der Waals surface area (Å²) in [5, 5.41) is 11.3. The van der Waals surface area contributed by atoms with Crippen molar-refractivity contribution in [3.8, 4) is 17.2 Å². The molecule has 0 aliphatic carbocycles. The molecule has 2 aromatic rings. The van der Waals surface area contributed by atoms with Crippen LogP contribution in [0.15, 0.2) is 48.0 Å². The highest BCUT2D eigenvalue weighted by Gasteiger charge is 2.47. The molecule has 2 aliphatic rings. The van der Waals surface area contributed by atoms with Crippen molar-refractivity contribution in [2.75, 3.05) is 60.2 Å². The Kier molecular flexibility index (Phi) is 8.12. The van der Waals surface area contributed by atoms with E-state index in [1.54, 1.807) is 42.5 Å². The molecular formula is C27H32N2O7. The van der Waals surface area contributed by atoms with E-state index in [9.17, 15) is 14.7 Å². The number of aliphatic hydroxyl groups is 1. The monoisotopic (exact) mass is 496 g/mol. The molecule has 1 amide bonds. The molecule has 1 atom stereocenters. The Labute approximate surface area is 210 Å². The molecule has 1 N–H and O–H groups in total. The van der Waals surface area contributed by atoms with Gasteiger partial charge in [0.2, 0.25) is 0 Å². The van der Waals surface area contributed by atoms with Crippen LogP contribution >= 0.6 is 0 Å². The topological polar surface area (TPSA) is 97.8 Å². The Morgan fingerprint density at radius 3 is 2.39 bits per heavy atom. The van der Waals surface area contributed by atoms with Gasteiger partial charge in [0.15, 0.2) is 11.5 Å². The Bertz CT molecular complexity index is 1120. The average molecular weight is 497 g/mol. The number of ketones is 1. The molecule has 0 aromatic heterocycles. The SMILES string of the molecule is CCOc1ccc(/C(O)=C2\C(=O)C(=O)N(CCN3CCOCC3)[C@H]2c2cccc(OC)c2OC)cc1. The summed E-state index contributed by atoms with van der Waals surface area (Å²) in [6, 6.07) is 11.2. The fourth-order valence-corrected chi connectivity index (χ4v) is 4.67. The van der Waals surface area contributed by atoms with Gasteiger partial charge in [-0.3, -0.25) is 14.5 Å². The Morgan fingerprint density at radius 1 is 1.03 bits per heavy atom. The first-order chi connectivity index (χ1) is 17.5. The van der Waals surface area contributed by atoms with Crippen molar-refractivity contribution < 1.29 is 33.6 Å². The van der Waals surface area contributed by atoms with Gasteiger partial charge in [0.1, 0.15) is 11.5 Å². The average Bonchev–Trinajstić information content (AvgIpc) is 3.17. The van der Waals surface area contributed by atoms with Crippen LogP contribution in [-0.4, -0.2) is 86.8 Å². The van der Waals surface area contributed by atoms with E-state index in [2.05, 4.69) is 4.90 Å². The number of likely N-dealkylation sites (tertiary alicyclic amines) is 1. The second-order valence-corrected chi connectivity index (χ2v) is 8.49. The molecule has 2 saturated heterocycles. The van der Waals surface area contributed by atoms with Gasteiger partial charge in [0.25, 0.3) is 11.7 Å². The largest absolute Gasteiger partial charge is 0.507 e. The molecule has 0 unspecified atom stereocenters. The van der Waals surface area contributed by atoms with Crippen LogP contribution in [0.5, 0.6) is 17.2 Å². The van der Waals surface area contributed by atoms with Crippen molar-refractivity contribution in [2.24, 2.45) is 0 Å². The van der Waals surface area contributed by atoms with Gasteiger partial charge in [-0.05, 0) is 37.3 Å². The molecule has 2 aromatic carbocycles. The van der Waals surface area contributed by atoms with E-state index >= 15 is 0 Å². The van der Waals surface area contributed by atoms with Gasteiger partial charge in [-0.2, -0.15) is 0 Å². The number of methoxy groups -OCH3 is 2. The number of hydrogen-bond acceptors (Lipinski definition) is 8. The van der Waals surface area contributed by atoms with E-state index < -0.39 is 17.7 Å². The highest BCUT2D eigenvalue weighted by atomic mass is 16.5. The molecule has 9 heteroatoms. The van der Waals surface area contributed by atoms with Crippen molar-refractivity contribution in [1.82, 2.24) is 9.80 Å². The van der Waals surface area contributed by atoms with Crippen molar-refractivity contribution in [3.05, 3.63) is 59.2 Å². The number of ether oxygens (including phenoxy) is 4. The summed E-state index contributed by atoms with van der Waals surface area (Å²) < 4.78 is 22.0. The molecule has 9 nitrogen and oxygen atoms in total. The van der Waals surface area contributed by atoms with Gasteiger partial charge in [-0.1, -0.05) is 12.1 Å². The number of aliphatic hydroxyl groups excluding tert-OH is 1. The van der Waals surface area contributed by atoms with E-state index in [0.717, 1.165) is 13.1 Å². The molecule has 2 heterocycles. The van der Waals surface area contributed by atoms with E-state index in [4.69, 9.17) is 18.9 Å². The second kappa shape index (κ2) is 11.5. The van der Waals surface area contributed by atoms with Crippen LogP contribution in [0.2, 0.25) is 0 Å². The molecule has 0 radical (unpaired) electrons. The zero-order valence-corrected chi connectivity index (χ0v) is 20.9. The lowest BCUT2D eigenvalue weighted by atomic mass is 9.94. The summed E-state index contributed by atoms with van der Waals surface area (Å²) >= 11 is 0. The maximum atomic E-state index is 13.3. The number of amides is 1. The minimum atomic E-state index is -0.845. The minimum absolute atomic E-state index is 0.0118. The maximum absolute atomic E-state index is 13.3. The van der Waals surface area contributed by atoms with Gasteiger partial charge in [-0.25, -0.2) is 0 Å². The molecule has 2 aliphatic heterocycles. The predicted octanol–water partition coefficient (Wildman–Crippen LogP) is 2.86. The van der Waals surface area contributed by atoms with Gasteiger partial charge in [-0.15, -0.1) is 0 Å². The Morgan fingerprint density at radius 2 is 1.75 bits per heavy atom. The van der Waals surface area contributed by atoms with Gasteiger partial charge >= 0.3 is 0 Å². The summed E-state index contributed by atoms with van der Waals surface area (Å²) in [7, 11) is 3.03. The minimum Gasteiger partial charge on any atom is -0.507 e. The second-order valence-electron chi connectivity index (χ2n) is 8.49. The predicted molar refractivity (Wildman–Crippen MR) is 133 cm³/mol. The van der Waals surface area contributed by atoms with Crippen LogP contribution in [0, 0.1) is 0 Å². The van der Waals surface area contributed by atoms with E-state index in [0.29, 0.717) is 61.3 Å². The molecule has 0 spiro atoms. The summed E-state index contributed by atoms with van der Waals surface area (Å²) in [6.45, 7) is 6.03. The highest BCUT2D eigenvalue weighted by Crippen LogP contribution is 2.45. The van der Waals surface area contributed by atoms with E-state index in [1.807, 2.05) is 6.92 Å². The molecular weight excluding hydrogens is 464 g/mol. The standard InChI is InChI=1S/C27H32N2O7/c1-4-36-19-10-8-18(9-11-19)24(30)22-23(20-6-5-7-21(33-2)26(20)34-3)29(27(32)25(22)31)13-12-28-14-16-35-17-15-28/h5-11,23,30H,4,12-17H2,1-3H3/b24-22+/t23-/m0/s1. The van der Waals surface area contributed by atoms with Crippen LogP contribution in [0.25, 0.3) is 5.76 Å². The molecule has 36 heavy (non-hydrogen) atoms. The van der Waals surface area contributed by atoms with Crippen LogP contribution in [0.4, 0.5) is 0 Å². The van der Waals surface area contributed by atoms with Crippen LogP contribution in [0.1, 0.15) is 24.1 Å². The van der Waals surface area contributed by atoms with Crippen molar-refractivity contribution in [2.45, 2.75) is 13.0 Å². The maximum Gasteiger partial charge on any atom is 0.295 e. The lowest BCUT2D eigenvalue weighted by Crippen LogP contribution is -2.42. The summed E-state index contributed by atoms with van der Waals surface area (Å²) in [5.74, 6) is -0.134. The number of carbonyl (C=O) groups excluding carboxylic acids is 2. The quantitative estimate of drug-likeness (QED) is 0.322. The van der Waals surface area contributed by atoms with Crippen LogP contribution in [0.3, 0.4) is 0 Å². The number of carbonyl (C=O) groups is 2. The first kappa shape index (κ1) is 25.5. The molecule has 0 bridgehead atoms. The number of Topliss-reactive ketones (excluding diaryl/α,β-unsaturated/α-hetero) is 1. The summed E-state index contributed by atoms with van der Waals surface area (Å²) in [4.78, 5) is 30.3. The Hall–Kier alpha value is -3.56. The summed E-state index contributed by atoms with van der Waals surface area (Å²) in [6.07, 6.45) is 0. The smallest absolute Gasteiger partial charge is 0.295 e. The molecule has 192 valence electrons. The number of rotatable bonds is 9. The number of para-hydroxylation sites is 1. The number of benzene rings is 2. The van der Waals surface area contributed by atoms with Crippen molar-refractivity contribution in [1.29, 1.82) is 0 Å². The third-order valence-corrected chi connectivity index (χ3v) is 6.47. The fraction of sp³-hybridized carbons (Fsp3) is 0.407. The third-order valence-electron chi connectivity index (χ3n) is 6.47. The summed E-state index contributed by atoms with van der Waals surface area (Å²) in [5.41, 5.74) is 0.986. The van der Waals surface area contributed by atoms with Gasteiger partial charge in [0, 0.05) is 37.3 Å². The van der Waals surface area contributed by atoms with Crippen LogP contribution < -0.4 is 14.2 Å². The van der Waals surface area contributed by atoms with E-state index in [1.165, 1.54) is 19.1 Å². The van der Waals surface area contributed by atoms with Gasteiger partial charge < -0.3 is 29.0 Å². The zero-order chi connectivity index (χ0) is 25.7. The number of morpholine rings is 1. The van der Waals surface area contributed by atoms with Gasteiger partial charge in [0.05, 0.1) is 45.7 Å². The molecule has 4 rings (SSSR count). The normalized spacial score (nSPS) is 20.0. The lowest BCUT2D eigenvalue weighted by molar-refractivity contribution is -0.140.